The Morgan fingerprint density at radius 2 is 2.10 bits per heavy atom. The number of nitrogens with zero attached hydrogens (tertiary/aromatic N) is 2. The van der Waals surface area contributed by atoms with E-state index in [-0.39, 0.29) is 44.4 Å². The summed E-state index contributed by atoms with van der Waals surface area (Å²) in [6, 6.07) is 3.72. The molecule has 164 valence electrons. The van der Waals surface area contributed by atoms with Crippen LogP contribution in [0.2, 0.25) is 0 Å². The van der Waals surface area contributed by atoms with Crippen LogP contribution in [0.15, 0.2) is 18.2 Å². The molecule has 3 atom stereocenters. The van der Waals surface area contributed by atoms with E-state index in [1.165, 1.54) is 24.0 Å². The van der Waals surface area contributed by atoms with E-state index < -0.39 is 36.3 Å². The minimum Gasteiger partial charge on any atom is -0.450 e. The molecule has 0 aromatic heterocycles. The number of halogens is 1. The fraction of sp³-hybridized carbons (Fsp3) is 0.526. The quantitative estimate of drug-likeness (QED) is 0.611. The summed E-state index contributed by atoms with van der Waals surface area (Å²) in [6.07, 6.45) is -2.66. The van der Waals surface area contributed by atoms with Crippen LogP contribution in [-0.2, 0) is 14.3 Å². The zero-order chi connectivity index (χ0) is 21.8. The number of rotatable bonds is 6. The van der Waals surface area contributed by atoms with E-state index in [4.69, 9.17) is 9.47 Å². The molecule has 30 heavy (non-hydrogen) atoms. The molecule has 1 aromatic carbocycles. The number of β-amino-alcohol motifs (C(OH)–C–C–N with tert-alkyl or cyclic N) is 1. The lowest BCUT2D eigenvalue weighted by atomic mass is 10.2. The molecule has 2 fully saturated rings. The van der Waals surface area contributed by atoms with Gasteiger partial charge >= 0.3 is 12.2 Å². The lowest BCUT2D eigenvalue weighted by Crippen LogP contribution is -2.43. The van der Waals surface area contributed by atoms with Crippen molar-refractivity contribution in [3.63, 3.8) is 0 Å². The molecular weight excluding hydrogens is 399 g/mol. The Hall–Kier alpha value is -3.08. The van der Waals surface area contributed by atoms with Crippen molar-refractivity contribution in [2.45, 2.75) is 32.1 Å². The van der Waals surface area contributed by atoms with E-state index >= 15 is 0 Å². The number of hydrogen-bond acceptors (Lipinski definition) is 7. The van der Waals surface area contributed by atoms with Crippen LogP contribution in [0.1, 0.15) is 13.8 Å². The summed E-state index contributed by atoms with van der Waals surface area (Å²) in [7, 11) is 0. The molecule has 3 N–H and O–H groups in total. The van der Waals surface area contributed by atoms with E-state index in [1.54, 1.807) is 17.9 Å². The molecule has 0 saturated carbocycles. The predicted octanol–water partition coefficient (Wildman–Crippen LogP) is 0.583. The predicted molar refractivity (Wildman–Crippen MR) is 105 cm³/mol. The van der Waals surface area contributed by atoms with Gasteiger partial charge < -0.3 is 30.1 Å². The van der Waals surface area contributed by atoms with Gasteiger partial charge in [-0.3, -0.25) is 9.69 Å². The van der Waals surface area contributed by atoms with Gasteiger partial charge in [-0.05, 0) is 25.1 Å². The highest BCUT2D eigenvalue weighted by molar-refractivity contribution is 5.90. The number of benzene rings is 1. The molecule has 0 bridgehead atoms. The maximum atomic E-state index is 14.8. The Bertz CT molecular complexity index is 822. The first-order valence-electron chi connectivity index (χ1n) is 9.67. The highest BCUT2D eigenvalue weighted by atomic mass is 19.1. The highest BCUT2D eigenvalue weighted by Crippen LogP contribution is 2.30. The third-order valence-electron chi connectivity index (χ3n) is 4.90. The van der Waals surface area contributed by atoms with Gasteiger partial charge in [0.2, 0.25) is 5.91 Å². The Morgan fingerprint density at radius 1 is 1.33 bits per heavy atom. The van der Waals surface area contributed by atoms with Crippen molar-refractivity contribution in [1.29, 1.82) is 0 Å². The number of amides is 3. The number of alkyl carbamates (subject to hydrolysis) is 1. The molecular formula is C19H25FN4O6. The van der Waals surface area contributed by atoms with Gasteiger partial charge in [0.15, 0.2) is 0 Å². The van der Waals surface area contributed by atoms with Gasteiger partial charge in [0.05, 0.1) is 43.2 Å². The van der Waals surface area contributed by atoms with Crippen LogP contribution in [0.5, 0.6) is 0 Å². The molecule has 0 spiro atoms. The lowest BCUT2D eigenvalue weighted by Gasteiger charge is -2.21. The van der Waals surface area contributed by atoms with Crippen LogP contribution in [0.3, 0.4) is 0 Å². The van der Waals surface area contributed by atoms with Crippen molar-refractivity contribution in [3.8, 4) is 0 Å². The van der Waals surface area contributed by atoms with Gasteiger partial charge in [-0.1, -0.05) is 0 Å². The molecule has 10 nitrogen and oxygen atoms in total. The molecule has 3 rings (SSSR count). The largest absolute Gasteiger partial charge is 0.450 e. The molecule has 1 aromatic rings. The summed E-state index contributed by atoms with van der Waals surface area (Å²) in [5.74, 6) is -0.807. The first kappa shape index (κ1) is 21.6. The minimum atomic E-state index is -0.878. The maximum absolute atomic E-state index is 14.8. The molecule has 2 saturated heterocycles. The Morgan fingerprint density at radius 3 is 2.77 bits per heavy atom. The molecule has 3 amide bonds. The van der Waals surface area contributed by atoms with Crippen LogP contribution < -0.4 is 20.4 Å². The second-order valence-corrected chi connectivity index (χ2v) is 7.13. The van der Waals surface area contributed by atoms with Gasteiger partial charge in [-0.15, -0.1) is 0 Å². The van der Waals surface area contributed by atoms with Gasteiger partial charge in [0.1, 0.15) is 11.9 Å². The van der Waals surface area contributed by atoms with E-state index in [0.717, 1.165) is 0 Å². The number of carbonyl (C=O) groups excluding carboxylic acids is 3. The third kappa shape index (κ3) is 4.90. The number of hydrogen-bond donors (Lipinski definition) is 3. The number of aliphatic hydroxyl groups is 1. The lowest BCUT2D eigenvalue weighted by molar-refractivity contribution is -0.119. The number of cyclic esters (lactones) is 1. The third-order valence-corrected chi connectivity index (χ3v) is 4.90. The Balaban J connectivity index is 1.65. The van der Waals surface area contributed by atoms with Crippen molar-refractivity contribution < 1.29 is 33.4 Å². The molecule has 3 unspecified atom stereocenters. The molecule has 11 heteroatoms. The highest BCUT2D eigenvalue weighted by Gasteiger charge is 2.35. The van der Waals surface area contributed by atoms with Crippen molar-refractivity contribution in [1.82, 2.24) is 10.6 Å². The van der Waals surface area contributed by atoms with Crippen molar-refractivity contribution in [3.05, 3.63) is 24.0 Å². The summed E-state index contributed by atoms with van der Waals surface area (Å²) >= 11 is 0. The monoisotopic (exact) mass is 424 g/mol. The SMILES string of the molecule is CCOC(=O)NC1CN(c2ccc(N3CC(CNC(C)=O)OC3=O)cc2F)CC1O. The first-order chi connectivity index (χ1) is 14.3. The second-order valence-electron chi connectivity index (χ2n) is 7.13. The summed E-state index contributed by atoms with van der Waals surface area (Å²) < 4.78 is 24.8. The summed E-state index contributed by atoms with van der Waals surface area (Å²) in [6.45, 7) is 3.96. The molecule has 2 aliphatic rings. The Labute approximate surface area is 172 Å². The zero-order valence-electron chi connectivity index (χ0n) is 16.8. The Kier molecular flexibility index (Phi) is 6.60. The number of anilines is 2. The van der Waals surface area contributed by atoms with Crippen LogP contribution in [0, 0.1) is 5.82 Å². The van der Waals surface area contributed by atoms with Gasteiger partial charge in [-0.2, -0.15) is 0 Å². The van der Waals surface area contributed by atoms with Crippen LogP contribution in [0.4, 0.5) is 25.4 Å². The summed E-state index contributed by atoms with van der Waals surface area (Å²) in [4.78, 5) is 37.6. The van der Waals surface area contributed by atoms with E-state index in [0.29, 0.717) is 5.69 Å². The smallest absolute Gasteiger partial charge is 0.414 e. The topological polar surface area (TPSA) is 120 Å². The van der Waals surface area contributed by atoms with E-state index in [1.807, 2.05) is 0 Å². The molecule has 0 aliphatic carbocycles. The maximum Gasteiger partial charge on any atom is 0.414 e. The average Bonchev–Trinajstić information content (AvgIpc) is 3.22. The second kappa shape index (κ2) is 9.16. The van der Waals surface area contributed by atoms with Crippen molar-refractivity contribution in [2.75, 3.05) is 42.6 Å². The number of ether oxygens (including phenoxy) is 2. The molecule has 2 heterocycles. The number of carbonyl (C=O) groups is 3. The fourth-order valence-electron chi connectivity index (χ4n) is 3.47. The van der Waals surface area contributed by atoms with Crippen molar-refractivity contribution >= 4 is 29.5 Å². The zero-order valence-corrected chi connectivity index (χ0v) is 16.8. The average molecular weight is 424 g/mol. The van der Waals surface area contributed by atoms with Gasteiger partial charge in [0, 0.05) is 20.0 Å². The summed E-state index contributed by atoms with van der Waals surface area (Å²) in [5.41, 5.74) is 0.570. The fourth-order valence-corrected chi connectivity index (χ4v) is 3.47. The molecule has 0 radical (unpaired) electrons. The summed E-state index contributed by atoms with van der Waals surface area (Å²) in [5, 5.41) is 15.3. The standard InChI is InChI=1S/C19H25FN4O6/c1-3-29-18(27)22-15-9-23(10-17(15)26)16-5-4-12(6-14(16)20)24-8-13(30-19(24)28)7-21-11(2)25/h4-6,13,15,17,26H,3,7-10H2,1-2H3,(H,21,25)(H,22,27). The van der Waals surface area contributed by atoms with E-state index in [9.17, 15) is 23.9 Å². The number of nitrogens with one attached hydrogen (secondary N) is 2. The van der Waals surface area contributed by atoms with Gasteiger partial charge in [0.25, 0.3) is 0 Å². The molecule has 2 aliphatic heterocycles. The van der Waals surface area contributed by atoms with Gasteiger partial charge in [-0.25, -0.2) is 14.0 Å². The van der Waals surface area contributed by atoms with Crippen LogP contribution in [-0.4, -0.2) is 74.2 Å². The first-order valence-corrected chi connectivity index (χ1v) is 9.67. The normalized spacial score (nSPS) is 23.3. The number of aliphatic hydroxyl groups excluding tert-OH is 1. The van der Waals surface area contributed by atoms with Crippen LogP contribution >= 0.6 is 0 Å². The minimum absolute atomic E-state index is 0.137. The van der Waals surface area contributed by atoms with Crippen LogP contribution in [0.25, 0.3) is 0 Å². The van der Waals surface area contributed by atoms with E-state index in [2.05, 4.69) is 10.6 Å². The van der Waals surface area contributed by atoms with Crippen molar-refractivity contribution in [2.24, 2.45) is 0 Å².